The Kier molecular flexibility index (Phi) is 7.05. The second-order valence-corrected chi connectivity index (χ2v) is 7.11. The molecule has 0 aliphatic carbocycles. The van der Waals surface area contributed by atoms with E-state index in [1.165, 1.54) is 4.88 Å². The normalized spacial score (nSPS) is 16.8. The molecular weight excluding hydrogens is 252 g/mol. The molecule has 1 heterocycles. The predicted molar refractivity (Wildman–Crippen MR) is 87.0 cm³/mol. The summed E-state index contributed by atoms with van der Waals surface area (Å²) in [6.45, 7) is 12.5. The van der Waals surface area contributed by atoms with E-state index in [0.29, 0.717) is 24.0 Å². The minimum atomic E-state index is 0.573. The minimum Gasteiger partial charge on any atom is -0.314 e. The van der Waals surface area contributed by atoms with E-state index in [2.05, 4.69) is 69.4 Å². The second-order valence-electron chi connectivity index (χ2n) is 6.08. The molecule has 0 radical (unpaired) electrons. The maximum Gasteiger partial charge on any atom is 0.0115 e. The van der Waals surface area contributed by atoms with Crippen molar-refractivity contribution in [2.45, 2.75) is 59.2 Å². The zero-order valence-electron chi connectivity index (χ0n) is 13.3. The Bertz CT molecular complexity index is 335. The lowest BCUT2D eigenvalue weighted by Crippen LogP contribution is -2.44. The molecule has 0 amide bonds. The summed E-state index contributed by atoms with van der Waals surface area (Å²) < 4.78 is 0. The Hall–Kier alpha value is -0.380. The molecule has 3 atom stereocenters. The number of rotatable bonds is 8. The molecule has 0 bridgehead atoms. The molecule has 19 heavy (non-hydrogen) atoms. The zero-order chi connectivity index (χ0) is 14.4. The molecule has 1 rings (SSSR count). The highest BCUT2D eigenvalue weighted by atomic mass is 32.1. The van der Waals surface area contributed by atoms with Crippen molar-refractivity contribution in [2.24, 2.45) is 5.92 Å². The van der Waals surface area contributed by atoms with Gasteiger partial charge in [-0.15, -0.1) is 11.3 Å². The van der Waals surface area contributed by atoms with E-state index >= 15 is 0 Å². The van der Waals surface area contributed by atoms with Crippen LogP contribution in [0.1, 0.15) is 39.5 Å². The summed E-state index contributed by atoms with van der Waals surface area (Å²) in [6.07, 6.45) is 1.16. The van der Waals surface area contributed by atoms with Gasteiger partial charge in [-0.05, 0) is 51.2 Å². The van der Waals surface area contributed by atoms with E-state index in [9.17, 15) is 0 Å². The first-order valence-corrected chi connectivity index (χ1v) is 8.27. The highest BCUT2D eigenvalue weighted by Gasteiger charge is 2.21. The number of hydrogen-bond acceptors (Lipinski definition) is 3. The van der Waals surface area contributed by atoms with Gasteiger partial charge >= 0.3 is 0 Å². The van der Waals surface area contributed by atoms with Crippen molar-refractivity contribution in [2.75, 3.05) is 13.6 Å². The Morgan fingerprint density at radius 3 is 2.42 bits per heavy atom. The molecule has 0 aromatic carbocycles. The highest BCUT2D eigenvalue weighted by Crippen LogP contribution is 2.17. The predicted octanol–water partition coefficient (Wildman–Crippen LogP) is 3.63. The molecule has 0 aliphatic heterocycles. The first kappa shape index (κ1) is 16.7. The Labute approximate surface area is 123 Å². The lowest BCUT2D eigenvalue weighted by Gasteiger charge is -2.35. The SMILES string of the molecule is CC(C)NCC(C)C(C)N(C)C(C)Cc1cccs1. The van der Waals surface area contributed by atoms with Gasteiger partial charge in [-0.1, -0.05) is 26.8 Å². The lowest BCUT2D eigenvalue weighted by atomic mass is 10.00. The molecule has 3 unspecified atom stereocenters. The summed E-state index contributed by atoms with van der Waals surface area (Å²) in [5.41, 5.74) is 0. The van der Waals surface area contributed by atoms with E-state index in [4.69, 9.17) is 0 Å². The largest absolute Gasteiger partial charge is 0.314 e. The molecular formula is C16H30N2S. The summed E-state index contributed by atoms with van der Waals surface area (Å²) in [6, 6.07) is 6.15. The average Bonchev–Trinajstić information content (AvgIpc) is 2.86. The zero-order valence-corrected chi connectivity index (χ0v) is 14.1. The van der Waals surface area contributed by atoms with Crippen LogP contribution in [0.25, 0.3) is 0 Å². The fourth-order valence-electron chi connectivity index (χ4n) is 2.26. The minimum absolute atomic E-state index is 0.573. The maximum atomic E-state index is 3.54. The summed E-state index contributed by atoms with van der Waals surface area (Å²) in [4.78, 5) is 4.01. The maximum absolute atomic E-state index is 3.54. The number of nitrogens with zero attached hydrogens (tertiary/aromatic N) is 1. The van der Waals surface area contributed by atoms with Crippen molar-refractivity contribution in [3.05, 3.63) is 22.4 Å². The summed E-state index contributed by atoms with van der Waals surface area (Å²) in [7, 11) is 2.26. The van der Waals surface area contributed by atoms with E-state index in [1.54, 1.807) is 0 Å². The molecule has 0 fully saturated rings. The van der Waals surface area contributed by atoms with Gasteiger partial charge in [0.25, 0.3) is 0 Å². The standard InChI is InChI=1S/C16H30N2S/c1-12(2)17-11-13(3)15(5)18(6)14(4)10-16-8-7-9-19-16/h7-9,12-15,17H,10-11H2,1-6H3. The smallest absolute Gasteiger partial charge is 0.0115 e. The van der Waals surface area contributed by atoms with Crippen LogP contribution in [-0.2, 0) is 6.42 Å². The van der Waals surface area contributed by atoms with Crippen LogP contribution in [-0.4, -0.2) is 36.6 Å². The number of nitrogens with one attached hydrogen (secondary N) is 1. The summed E-state index contributed by atoms with van der Waals surface area (Å²) in [5.74, 6) is 0.665. The number of likely N-dealkylation sites (N-methyl/N-ethyl adjacent to an activating group) is 1. The van der Waals surface area contributed by atoms with Crippen molar-refractivity contribution in [3.63, 3.8) is 0 Å². The third-order valence-electron chi connectivity index (χ3n) is 4.09. The van der Waals surface area contributed by atoms with Gasteiger partial charge in [-0.3, -0.25) is 0 Å². The van der Waals surface area contributed by atoms with Crippen LogP contribution in [0.2, 0.25) is 0 Å². The Balaban J connectivity index is 2.43. The van der Waals surface area contributed by atoms with Crippen LogP contribution in [0.4, 0.5) is 0 Å². The van der Waals surface area contributed by atoms with E-state index in [0.717, 1.165) is 13.0 Å². The fraction of sp³-hybridized carbons (Fsp3) is 0.750. The van der Waals surface area contributed by atoms with Crippen LogP contribution >= 0.6 is 11.3 Å². The van der Waals surface area contributed by atoms with E-state index in [-0.39, 0.29) is 0 Å². The molecule has 0 saturated heterocycles. The van der Waals surface area contributed by atoms with Gasteiger partial charge in [0, 0.05) is 23.0 Å². The van der Waals surface area contributed by atoms with E-state index in [1.807, 2.05) is 11.3 Å². The van der Waals surface area contributed by atoms with Crippen molar-refractivity contribution in [1.82, 2.24) is 10.2 Å². The third kappa shape index (κ3) is 5.64. The van der Waals surface area contributed by atoms with Crippen LogP contribution in [0, 0.1) is 5.92 Å². The van der Waals surface area contributed by atoms with Gasteiger partial charge in [0.05, 0.1) is 0 Å². The van der Waals surface area contributed by atoms with Crippen LogP contribution in [0.5, 0.6) is 0 Å². The monoisotopic (exact) mass is 282 g/mol. The number of thiophene rings is 1. The average molecular weight is 282 g/mol. The molecule has 1 N–H and O–H groups in total. The topological polar surface area (TPSA) is 15.3 Å². The third-order valence-corrected chi connectivity index (χ3v) is 4.98. The quantitative estimate of drug-likeness (QED) is 0.783. The first-order valence-electron chi connectivity index (χ1n) is 7.39. The molecule has 1 aromatic heterocycles. The Morgan fingerprint density at radius 1 is 1.21 bits per heavy atom. The van der Waals surface area contributed by atoms with Crippen molar-refractivity contribution >= 4 is 11.3 Å². The van der Waals surface area contributed by atoms with Gasteiger partial charge < -0.3 is 10.2 Å². The molecule has 0 spiro atoms. The Morgan fingerprint density at radius 2 is 1.89 bits per heavy atom. The van der Waals surface area contributed by atoms with Crippen molar-refractivity contribution < 1.29 is 0 Å². The molecule has 110 valence electrons. The molecule has 2 nitrogen and oxygen atoms in total. The molecule has 1 aromatic rings. The lowest BCUT2D eigenvalue weighted by molar-refractivity contribution is 0.148. The van der Waals surface area contributed by atoms with Crippen molar-refractivity contribution in [3.8, 4) is 0 Å². The van der Waals surface area contributed by atoms with Crippen LogP contribution in [0.3, 0.4) is 0 Å². The summed E-state index contributed by atoms with van der Waals surface area (Å²) >= 11 is 1.86. The first-order chi connectivity index (χ1) is 8.91. The van der Waals surface area contributed by atoms with Crippen LogP contribution < -0.4 is 5.32 Å². The summed E-state index contributed by atoms with van der Waals surface area (Å²) in [5, 5.41) is 5.71. The van der Waals surface area contributed by atoms with Crippen LogP contribution in [0.15, 0.2) is 17.5 Å². The van der Waals surface area contributed by atoms with Crippen molar-refractivity contribution in [1.29, 1.82) is 0 Å². The fourth-order valence-corrected chi connectivity index (χ4v) is 3.09. The number of hydrogen-bond donors (Lipinski definition) is 1. The van der Waals surface area contributed by atoms with Gasteiger partial charge in [0.2, 0.25) is 0 Å². The second kappa shape index (κ2) is 8.03. The van der Waals surface area contributed by atoms with Gasteiger partial charge in [-0.2, -0.15) is 0 Å². The van der Waals surface area contributed by atoms with Gasteiger partial charge in [-0.25, -0.2) is 0 Å². The molecule has 3 heteroatoms. The highest BCUT2D eigenvalue weighted by molar-refractivity contribution is 7.09. The van der Waals surface area contributed by atoms with Gasteiger partial charge in [0.15, 0.2) is 0 Å². The molecule has 0 aliphatic rings. The molecule has 0 saturated carbocycles. The van der Waals surface area contributed by atoms with Gasteiger partial charge in [0.1, 0.15) is 0 Å². The van der Waals surface area contributed by atoms with E-state index < -0.39 is 0 Å².